The molecular weight excluding hydrogens is 228 g/mol. The molecule has 98 valence electrons. The number of hydrogen-bond acceptors (Lipinski definition) is 4. The van der Waals surface area contributed by atoms with Gasteiger partial charge in [0.2, 0.25) is 0 Å². The van der Waals surface area contributed by atoms with E-state index in [1.807, 2.05) is 0 Å². The minimum Gasteiger partial charge on any atom is -0.480 e. The Morgan fingerprint density at radius 2 is 1.82 bits per heavy atom. The maximum Gasteiger partial charge on any atom is 0.329 e. The fourth-order valence-electron chi connectivity index (χ4n) is 1.54. The molecule has 1 rings (SSSR count). The van der Waals surface area contributed by atoms with Crippen LogP contribution < -0.4 is 5.32 Å². The highest BCUT2D eigenvalue weighted by Crippen LogP contribution is 2.14. The number of likely N-dealkylation sites (tertiary alicyclic amines) is 1. The van der Waals surface area contributed by atoms with Crippen LogP contribution in [0.25, 0.3) is 0 Å². The van der Waals surface area contributed by atoms with E-state index in [4.69, 9.17) is 5.11 Å². The van der Waals surface area contributed by atoms with Gasteiger partial charge in [0.05, 0.1) is 25.3 Å². The average Bonchev–Trinajstić information content (AvgIpc) is 2.59. The van der Waals surface area contributed by atoms with Crippen molar-refractivity contribution in [2.45, 2.75) is 38.0 Å². The van der Waals surface area contributed by atoms with Crippen LogP contribution in [0.15, 0.2) is 0 Å². The van der Waals surface area contributed by atoms with Gasteiger partial charge >= 0.3 is 12.0 Å². The molecule has 0 saturated carbocycles. The first-order valence-corrected chi connectivity index (χ1v) is 5.46. The molecule has 3 atom stereocenters. The van der Waals surface area contributed by atoms with Crippen LogP contribution in [0.5, 0.6) is 0 Å². The fourth-order valence-corrected chi connectivity index (χ4v) is 1.54. The van der Waals surface area contributed by atoms with Gasteiger partial charge in [0, 0.05) is 0 Å². The van der Waals surface area contributed by atoms with Crippen molar-refractivity contribution in [2.24, 2.45) is 0 Å². The van der Waals surface area contributed by atoms with E-state index in [0.717, 1.165) is 0 Å². The Bertz CT molecular complexity index is 312. The number of aliphatic hydroxyl groups is 2. The number of carbonyl (C=O) groups excluding carboxylic acids is 1. The Kier molecular flexibility index (Phi) is 3.94. The second-order valence-electron chi connectivity index (χ2n) is 4.46. The van der Waals surface area contributed by atoms with Crippen LogP contribution in [0.3, 0.4) is 0 Å². The molecule has 1 aliphatic heterocycles. The summed E-state index contributed by atoms with van der Waals surface area (Å²) in [5.74, 6) is -1.12. The van der Waals surface area contributed by atoms with Crippen molar-refractivity contribution in [1.29, 1.82) is 0 Å². The zero-order valence-electron chi connectivity index (χ0n) is 9.88. The van der Waals surface area contributed by atoms with E-state index in [-0.39, 0.29) is 19.5 Å². The van der Waals surface area contributed by atoms with Gasteiger partial charge in [-0.05, 0) is 13.3 Å². The molecule has 17 heavy (non-hydrogen) atoms. The molecule has 1 saturated heterocycles. The largest absolute Gasteiger partial charge is 0.480 e. The molecule has 0 spiro atoms. The van der Waals surface area contributed by atoms with E-state index >= 15 is 0 Å². The summed E-state index contributed by atoms with van der Waals surface area (Å²) in [5.41, 5.74) is -1.34. The third-order valence-electron chi connectivity index (χ3n) is 3.11. The van der Waals surface area contributed by atoms with Crippen molar-refractivity contribution in [3.05, 3.63) is 0 Å². The van der Waals surface area contributed by atoms with Crippen molar-refractivity contribution >= 4 is 12.0 Å². The van der Waals surface area contributed by atoms with Gasteiger partial charge in [0.15, 0.2) is 0 Å². The lowest BCUT2D eigenvalue weighted by Gasteiger charge is -2.27. The second-order valence-corrected chi connectivity index (χ2v) is 4.46. The summed E-state index contributed by atoms with van der Waals surface area (Å²) in [7, 11) is 0. The number of rotatable bonds is 3. The van der Waals surface area contributed by atoms with Crippen LogP contribution in [-0.2, 0) is 4.79 Å². The Morgan fingerprint density at radius 1 is 1.35 bits per heavy atom. The number of carbonyl (C=O) groups is 2. The smallest absolute Gasteiger partial charge is 0.329 e. The summed E-state index contributed by atoms with van der Waals surface area (Å²) >= 11 is 0. The van der Waals surface area contributed by atoms with Crippen molar-refractivity contribution in [3.8, 4) is 0 Å². The molecule has 4 N–H and O–H groups in total. The summed E-state index contributed by atoms with van der Waals surface area (Å²) in [6.07, 6.45) is -1.70. The molecule has 0 bridgehead atoms. The Balaban J connectivity index is 2.64. The molecular formula is C10H18N2O5. The monoisotopic (exact) mass is 246 g/mol. The van der Waals surface area contributed by atoms with Gasteiger partial charge in [0.1, 0.15) is 5.54 Å². The number of hydrogen-bond donors (Lipinski definition) is 4. The van der Waals surface area contributed by atoms with Crippen molar-refractivity contribution in [1.82, 2.24) is 10.2 Å². The molecule has 2 amide bonds. The first-order chi connectivity index (χ1) is 7.80. The number of nitrogens with zero attached hydrogens (tertiary/aromatic N) is 1. The topological polar surface area (TPSA) is 110 Å². The van der Waals surface area contributed by atoms with E-state index in [1.54, 1.807) is 6.92 Å². The highest BCUT2D eigenvalue weighted by atomic mass is 16.4. The summed E-state index contributed by atoms with van der Waals surface area (Å²) < 4.78 is 0. The quantitative estimate of drug-likeness (QED) is 0.510. The molecule has 3 unspecified atom stereocenters. The Hall–Kier alpha value is -1.34. The minimum atomic E-state index is -1.34. The Labute approximate surface area is 99.0 Å². The molecule has 7 heteroatoms. The summed E-state index contributed by atoms with van der Waals surface area (Å²) in [6.45, 7) is 3.08. The zero-order valence-corrected chi connectivity index (χ0v) is 9.88. The summed E-state index contributed by atoms with van der Waals surface area (Å²) in [6, 6.07) is -0.590. The molecule has 0 radical (unpaired) electrons. The highest BCUT2D eigenvalue weighted by Gasteiger charge is 2.38. The predicted octanol–water partition coefficient (Wildman–Crippen LogP) is -1.01. The molecule has 1 aliphatic rings. The number of carboxylic acids is 1. The van der Waals surface area contributed by atoms with Crippen LogP contribution in [0.4, 0.5) is 4.79 Å². The minimum absolute atomic E-state index is 0.00636. The van der Waals surface area contributed by atoms with E-state index < -0.39 is 29.7 Å². The van der Waals surface area contributed by atoms with Crippen LogP contribution in [0.2, 0.25) is 0 Å². The van der Waals surface area contributed by atoms with E-state index in [2.05, 4.69) is 5.32 Å². The van der Waals surface area contributed by atoms with E-state index in [1.165, 1.54) is 11.8 Å². The van der Waals surface area contributed by atoms with Crippen molar-refractivity contribution in [3.63, 3.8) is 0 Å². The number of urea groups is 1. The summed E-state index contributed by atoms with van der Waals surface area (Å²) in [5, 5.41) is 30.0. The average molecular weight is 246 g/mol. The third-order valence-corrected chi connectivity index (χ3v) is 3.11. The molecule has 7 nitrogen and oxygen atoms in total. The van der Waals surface area contributed by atoms with Crippen LogP contribution in [0, 0.1) is 0 Å². The maximum atomic E-state index is 11.7. The number of aliphatic hydroxyl groups excluding tert-OH is 2. The molecule has 1 heterocycles. The summed E-state index contributed by atoms with van der Waals surface area (Å²) in [4.78, 5) is 23.9. The van der Waals surface area contributed by atoms with Gasteiger partial charge in [0.25, 0.3) is 0 Å². The van der Waals surface area contributed by atoms with E-state index in [9.17, 15) is 19.8 Å². The normalized spacial score (nSPS) is 27.6. The van der Waals surface area contributed by atoms with Gasteiger partial charge in [-0.25, -0.2) is 9.59 Å². The number of amides is 2. The molecule has 0 aromatic carbocycles. The van der Waals surface area contributed by atoms with E-state index in [0.29, 0.717) is 0 Å². The molecule has 0 aromatic heterocycles. The SMILES string of the molecule is CCC(C)(NC(=O)N1CC(O)C(O)C1)C(=O)O. The van der Waals surface area contributed by atoms with Gasteiger partial charge < -0.3 is 25.5 Å². The molecule has 0 aliphatic carbocycles. The van der Waals surface area contributed by atoms with Crippen LogP contribution in [0.1, 0.15) is 20.3 Å². The standard InChI is InChI=1S/C10H18N2O5/c1-3-10(2,8(15)16)11-9(17)12-4-6(13)7(14)5-12/h6-7,13-14H,3-5H2,1-2H3,(H,11,17)(H,15,16). The predicted molar refractivity (Wildman–Crippen MR) is 58.5 cm³/mol. The lowest BCUT2D eigenvalue weighted by Crippen LogP contribution is -2.55. The molecule has 0 aromatic rings. The third kappa shape index (κ3) is 2.86. The van der Waals surface area contributed by atoms with Crippen LogP contribution in [-0.4, -0.2) is 63.1 Å². The zero-order chi connectivity index (χ0) is 13.2. The first kappa shape index (κ1) is 13.7. The lowest BCUT2D eigenvalue weighted by molar-refractivity contribution is -0.143. The number of aliphatic carboxylic acids is 1. The molecule has 1 fully saturated rings. The Morgan fingerprint density at radius 3 is 2.18 bits per heavy atom. The number of carboxylic acid groups (broad SMARTS) is 1. The second kappa shape index (κ2) is 4.89. The highest BCUT2D eigenvalue weighted by molar-refractivity contribution is 5.86. The fraction of sp³-hybridized carbons (Fsp3) is 0.800. The maximum absolute atomic E-state index is 11.7. The van der Waals surface area contributed by atoms with Gasteiger partial charge in [-0.3, -0.25) is 0 Å². The van der Waals surface area contributed by atoms with Gasteiger partial charge in [-0.1, -0.05) is 6.92 Å². The van der Waals surface area contributed by atoms with Crippen molar-refractivity contribution < 1.29 is 24.9 Å². The number of nitrogens with one attached hydrogen (secondary N) is 1. The van der Waals surface area contributed by atoms with Crippen molar-refractivity contribution in [2.75, 3.05) is 13.1 Å². The lowest BCUT2D eigenvalue weighted by atomic mass is 10.00. The van der Waals surface area contributed by atoms with Gasteiger partial charge in [-0.15, -0.1) is 0 Å². The van der Waals surface area contributed by atoms with Crippen LogP contribution >= 0.6 is 0 Å². The number of β-amino-alcohol motifs (C(OH)–C–C–N with tert-alkyl or cyclic N) is 2. The first-order valence-electron chi connectivity index (χ1n) is 5.46. The van der Waals surface area contributed by atoms with Gasteiger partial charge in [-0.2, -0.15) is 0 Å².